The molecule has 1 atom stereocenters. The number of likely N-dealkylation sites (N-methyl/N-ethyl adjacent to an activating group) is 1. The van der Waals surface area contributed by atoms with Gasteiger partial charge in [-0.25, -0.2) is 0 Å². The van der Waals surface area contributed by atoms with Crippen molar-refractivity contribution >= 4 is 5.91 Å². The van der Waals surface area contributed by atoms with E-state index < -0.39 is 0 Å². The van der Waals surface area contributed by atoms with E-state index in [2.05, 4.69) is 17.1 Å². The van der Waals surface area contributed by atoms with E-state index >= 15 is 0 Å². The second-order valence-electron chi connectivity index (χ2n) is 3.43. The number of carbonyl (C=O) groups excluding carboxylic acids is 1. The normalized spacial score (nSPS) is 24.3. The Hall–Kier alpha value is -0.570. The number of rotatable bonds is 3. The largest absolute Gasteiger partial charge is 0.355 e. The standard InChI is InChI=1S/C9H18N2O/c1-3-6-10-9(12)8-5-4-7-11(8)2/h8H,3-7H2,1-2H3,(H,10,12). The number of nitrogens with zero attached hydrogens (tertiary/aromatic N) is 1. The fourth-order valence-corrected chi connectivity index (χ4v) is 1.61. The Kier molecular flexibility index (Phi) is 3.53. The lowest BCUT2D eigenvalue weighted by Gasteiger charge is -2.18. The van der Waals surface area contributed by atoms with E-state index in [1.807, 2.05) is 7.05 Å². The number of carbonyl (C=O) groups is 1. The molecule has 3 nitrogen and oxygen atoms in total. The van der Waals surface area contributed by atoms with E-state index in [0.717, 1.165) is 32.4 Å². The van der Waals surface area contributed by atoms with Crippen LogP contribution in [0.15, 0.2) is 0 Å². The summed E-state index contributed by atoms with van der Waals surface area (Å²) in [6, 6.07) is 0.136. The van der Waals surface area contributed by atoms with Crippen LogP contribution in [0.3, 0.4) is 0 Å². The quantitative estimate of drug-likeness (QED) is 0.673. The molecule has 1 unspecified atom stereocenters. The highest BCUT2D eigenvalue weighted by Gasteiger charge is 2.26. The fourth-order valence-electron chi connectivity index (χ4n) is 1.61. The first-order chi connectivity index (χ1) is 5.75. The van der Waals surface area contributed by atoms with Crippen molar-refractivity contribution in [1.82, 2.24) is 10.2 Å². The SMILES string of the molecule is CCCNC(=O)C1CCCN1C. The zero-order valence-electron chi connectivity index (χ0n) is 7.97. The Bertz CT molecular complexity index is 159. The summed E-state index contributed by atoms with van der Waals surface area (Å²) in [6.07, 6.45) is 3.19. The molecule has 0 aromatic heterocycles. The van der Waals surface area contributed by atoms with Crippen molar-refractivity contribution in [3.63, 3.8) is 0 Å². The monoisotopic (exact) mass is 170 g/mol. The van der Waals surface area contributed by atoms with Crippen molar-refractivity contribution in [3.05, 3.63) is 0 Å². The highest BCUT2D eigenvalue weighted by atomic mass is 16.2. The number of hydrogen-bond donors (Lipinski definition) is 1. The van der Waals surface area contributed by atoms with E-state index in [9.17, 15) is 4.79 Å². The average Bonchev–Trinajstić information content (AvgIpc) is 2.47. The van der Waals surface area contributed by atoms with Gasteiger partial charge in [0.05, 0.1) is 6.04 Å². The molecule has 0 radical (unpaired) electrons. The molecular formula is C9H18N2O. The van der Waals surface area contributed by atoms with E-state index in [4.69, 9.17) is 0 Å². The van der Waals surface area contributed by atoms with Gasteiger partial charge < -0.3 is 5.32 Å². The van der Waals surface area contributed by atoms with Gasteiger partial charge in [0.1, 0.15) is 0 Å². The maximum Gasteiger partial charge on any atom is 0.237 e. The van der Waals surface area contributed by atoms with Gasteiger partial charge >= 0.3 is 0 Å². The molecule has 0 aliphatic carbocycles. The summed E-state index contributed by atoms with van der Waals surface area (Å²) in [4.78, 5) is 13.6. The topological polar surface area (TPSA) is 32.3 Å². The predicted octanol–water partition coefficient (Wildman–Crippen LogP) is 0.607. The number of nitrogens with one attached hydrogen (secondary N) is 1. The summed E-state index contributed by atoms with van der Waals surface area (Å²) in [6.45, 7) is 3.94. The molecule has 3 heteroatoms. The van der Waals surface area contributed by atoms with Crippen molar-refractivity contribution in [2.45, 2.75) is 32.2 Å². The molecule has 0 aromatic carbocycles. The number of likely N-dealkylation sites (tertiary alicyclic amines) is 1. The zero-order valence-corrected chi connectivity index (χ0v) is 7.97. The van der Waals surface area contributed by atoms with E-state index in [1.54, 1.807) is 0 Å². The third kappa shape index (κ3) is 2.21. The first-order valence-corrected chi connectivity index (χ1v) is 4.73. The highest BCUT2D eigenvalue weighted by Crippen LogP contribution is 2.14. The summed E-state index contributed by atoms with van der Waals surface area (Å²) in [7, 11) is 2.02. The molecule has 1 rings (SSSR count). The maximum atomic E-state index is 11.5. The highest BCUT2D eigenvalue weighted by molar-refractivity contribution is 5.81. The lowest BCUT2D eigenvalue weighted by molar-refractivity contribution is -0.125. The average molecular weight is 170 g/mol. The van der Waals surface area contributed by atoms with Crippen LogP contribution in [0.2, 0.25) is 0 Å². The fraction of sp³-hybridized carbons (Fsp3) is 0.889. The van der Waals surface area contributed by atoms with Gasteiger partial charge in [0.15, 0.2) is 0 Å². The summed E-state index contributed by atoms with van der Waals surface area (Å²) < 4.78 is 0. The van der Waals surface area contributed by atoms with Gasteiger partial charge in [0.25, 0.3) is 0 Å². The molecule has 1 fully saturated rings. The molecular weight excluding hydrogens is 152 g/mol. The van der Waals surface area contributed by atoms with Crippen LogP contribution in [0.4, 0.5) is 0 Å². The minimum Gasteiger partial charge on any atom is -0.355 e. The Labute approximate surface area is 74.1 Å². The van der Waals surface area contributed by atoms with Crippen LogP contribution in [-0.4, -0.2) is 37.0 Å². The van der Waals surface area contributed by atoms with Crippen LogP contribution in [0.1, 0.15) is 26.2 Å². The molecule has 0 bridgehead atoms. The molecule has 0 spiro atoms. The summed E-state index contributed by atoms with van der Waals surface area (Å²) in [5, 5.41) is 2.92. The zero-order chi connectivity index (χ0) is 8.97. The third-order valence-corrected chi connectivity index (χ3v) is 2.37. The van der Waals surface area contributed by atoms with Gasteiger partial charge in [-0.1, -0.05) is 6.92 Å². The molecule has 1 amide bonds. The Morgan fingerprint density at radius 1 is 1.67 bits per heavy atom. The molecule has 70 valence electrons. The van der Waals surface area contributed by atoms with Gasteiger partial charge in [-0.05, 0) is 32.9 Å². The van der Waals surface area contributed by atoms with E-state index in [0.29, 0.717) is 0 Å². The van der Waals surface area contributed by atoms with E-state index in [-0.39, 0.29) is 11.9 Å². The first kappa shape index (κ1) is 9.52. The third-order valence-electron chi connectivity index (χ3n) is 2.37. The first-order valence-electron chi connectivity index (χ1n) is 4.73. The van der Waals surface area contributed by atoms with Crippen LogP contribution in [0.5, 0.6) is 0 Å². The Balaban J connectivity index is 2.30. The smallest absolute Gasteiger partial charge is 0.237 e. The Morgan fingerprint density at radius 2 is 2.42 bits per heavy atom. The Morgan fingerprint density at radius 3 is 2.92 bits per heavy atom. The van der Waals surface area contributed by atoms with Crippen LogP contribution in [-0.2, 0) is 4.79 Å². The van der Waals surface area contributed by atoms with Gasteiger partial charge in [-0.3, -0.25) is 9.69 Å². The molecule has 1 N–H and O–H groups in total. The minimum absolute atomic E-state index is 0.136. The molecule has 12 heavy (non-hydrogen) atoms. The van der Waals surface area contributed by atoms with Gasteiger partial charge in [-0.15, -0.1) is 0 Å². The lowest BCUT2D eigenvalue weighted by Crippen LogP contribution is -2.41. The molecule has 0 saturated carbocycles. The lowest BCUT2D eigenvalue weighted by atomic mass is 10.2. The second-order valence-corrected chi connectivity index (χ2v) is 3.43. The van der Waals surface area contributed by atoms with Crippen molar-refractivity contribution in [1.29, 1.82) is 0 Å². The van der Waals surface area contributed by atoms with Gasteiger partial charge in [0, 0.05) is 6.54 Å². The summed E-state index contributed by atoms with van der Waals surface area (Å²) >= 11 is 0. The molecule has 1 heterocycles. The van der Waals surface area contributed by atoms with Crippen LogP contribution >= 0.6 is 0 Å². The van der Waals surface area contributed by atoms with Crippen molar-refractivity contribution in [2.24, 2.45) is 0 Å². The van der Waals surface area contributed by atoms with Crippen molar-refractivity contribution in [3.8, 4) is 0 Å². The molecule has 1 aliphatic heterocycles. The van der Waals surface area contributed by atoms with Crippen LogP contribution in [0, 0.1) is 0 Å². The number of amides is 1. The number of hydrogen-bond acceptors (Lipinski definition) is 2. The van der Waals surface area contributed by atoms with Gasteiger partial charge in [0.2, 0.25) is 5.91 Å². The molecule has 0 aromatic rings. The van der Waals surface area contributed by atoms with Crippen molar-refractivity contribution < 1.29 is 4.79 Å². The maximum absolute atomic E-state index is 11.5. The minimum atomic E-state index is 0.136. The van der Waals surface area contributed by atoms with Crippen LogP contribution < -0.4 is 5.32 Å². The predicted molar refractivity (Wildman–Crippen MR) is 49.0 cm³/mol. The van der Waals surface area contributed by atoms with Crippen molar-refractivity contribution in [2.75, 3.05) is 20.1 Å². The summed E-state index contributed by atoms with van der Waals surface area (Å²) in [5.74, 6) is 0.205. The van der Waals surface area contributed by atoms with Gasteiger partial charge in [-0.2, -0.15) is 0 Å². The molecule has 1 saturated heterocycles. The summed E-state index contributed by atoms with van der Waals surface area (Å²) in [5.41, 5.74) is 0. The van der Waals surface area contributed by atoms with E-state index in [1.165, 1.54) is 0 Å². The molecule has 1 aliphatic rings. The van der Waals surface area contributed by atoms with Crippen LogP contribution in [0.25, 0.3) is 0 Å². The second kappa shape index (κ2) is 4.45.